The van der Waals surface area contributed by atoms with E-state index in [0.29, 0.717) is 17.0 Å². The van der Waals surface area contributed by atoms with Crippen molar-refractivity contribution in [2.24, 2.45) is 7.05 Å². The molecular weight excluding hydrogens is 302 g/mol. The summed E-state index contributed by atoms with van der Waals surface area (Å²) in [5, 5.41) is 4.09. The van der Waals surface area contributed by atoms with Gasteiger partial charge < -0.3 is 14.3 Å². The molecule has 2 aromatic carbocycles. The summed E-state index contributed by atoms with van der Waals surface area (Å²) in [5.74, 6) is 0.614. The summed E-state index contributed by atoms with van der Waals surface area (Å²) in [5.41, 5.74) is 3.43. The third kappa shape index (κ3) is 2.25. The Morgan fingerprint density at radius 1 is 1.17 bits per heavy atom. The highest BCUT2D eigenvalue weighted by Crippen LogP contribution is 2.25. The maximum atomic E-state index is 12.5. The number of nitrogens with zero attached hydrogens (tertiary/aromatic N) is 2. The molecule has 2 heterocycles. The van der Waals surface area contributed by atoms with E-state index >= 15 is 0 Å². The summed E-state index contributed by atoms with van der Waals surface area (Å²) >= 11 is 0. The Labute approximate surface area is 138 Å². The van der Waals surface area contributed by atoms with Crippen LogP contribution in [0.25, 0.3) is 33.4 Å². The van der Waals surface area contributed by atoms with Gasteiger partial charge in [-0.2, -0.15) is 0 Å². The van der Waals surface area contributed by atoms with E-state index in [2.05, 4.69) is 10.3 Å². The van der Waals surface area contributed by atoms with Gasteiger partial charge in [-0.25, -0.2) is 9.78 Å². The molecule has 0 aliphatic rings. The van der Waals surface area contributed by atoms with Crippen LogP contribution in [0.15, 0.2) is 57.7 Å². The van der Waals surface area contributed by atoms with Crippen LogP contribution in [-0.4, -0.2) is 16.1 Å². The summed E-state index contributed by atoms with van der Waals surface area (Å²) in [6.07, 6.45) is 0. The van der Waals surface area contributed by atoms with E-state index in [1.54, 1.807) is 0 Å². The van der Waals surface area contributed by atoms with Crippen molar-refractivity contribution in [3.63, 3.8) is 0 Å². The Bertz CT molecular complexity index is 1110. The minimum atomic E-state index is -0.380. The first kappa shape index (κ1) is 14.5. The van der Waals surface area contributed by atoms with Gasteiger partial charge in [-0.1, -0.05) is 12.1 Å². The van der Waals surface area contributed by atoms with Crippen LogP contribution in [0.1, 0.15) is 6.92 Å². The average Bonchev–Trinajstić information content (AvgIpc) is 2.92. The van der Waals surface area contributed by atoms with Crippen molar-refractivity contribution in [3.8, 4) is 11.4 Å². The number of fused-ring (bicyclic) bond motifs is 2. The van der Waals surface area contributed by atoms with E-state index in [1.807, 2.05) is 67.1 Å². The molecule has 5 heteroatoms. The number of benzene rings is 2. The summed E-state index contributed by atoms with van der Waals surface area (Å²) in [6, 6.07) is 15.4. The lowest BCUT2D eigenvalue weighted by atomic mass is 10.1. The number of aryl methyl sites for hydroxylation is 1. The molecule has 0 aliphatic carbocycles. The molecule has 0 unspecified atom stereocenters. The van der Waals surface area contributed by atoms with Crippen molar-refractivity contribution in [1.82, 2.24) is 9.55 Å². The van der Waals surface area contributed by atoms with Gasteiger partial charge in [0.2, 0.25) is 0 Å². The number of imidazole rings is 1. The van der Waals surface area contributed by atoms with Gasteiger partial charge in [-0.05, 0) is 37.3 Å². The fourth-order valence-electron chi connectivity index (χ4n) is 2.97. The van der Waals surface area contributed by atoms with Crippen LogP contribution < -0.4 is 10.9 Å². The topological polar surface area (TPSA) is 60.1 Å². The second-order valence-electron chi connectivity index (χ2n) is 5.71. The molecule has 2 aromatic heterocycles. The quantitative estimate of drug-likeness (QED) is 0.584. The first-order chi connectivity index (χ1) is 11.7. The molecule has 5 nitrogen and oxygen atoms in total. The maximum Gasteiger partial charge on any atom is 0.347 e. The Morgan fingerprint density at radius 3 is 2.79 bits per heavy atom. The normalized spacial score (nSPS) is 11.2. The number of aromatic nitrogens is 2. The average molecular weight is 319 g/mol. The molecule has 4 aromatic rings. The SMILES string of the molecule is CCNc1ccc2cc(-c3nc4ccccc4n3C)c(=O)oc2c1. The van der Waals surface area contributed by atoms with Gasteiger partial charge in [0.05, 0.1) is 11.0 Å². The highest BCUT2D eigenvalue weighted by molar-refractivity contribution is 5.85. The summed E-state index contributed by atoms with van der Waals surface area (Å²) in [4.78, 5) is 17.1. The highest BCUT2D eigenvalue weighted by atomic mass is 16.4. The lowest BCUT2D eigenvalue weighted by molar-refractivity contribution is 0.562. The minimum absolute atomic E-state index is 0.380. The summed E-state index contributed by atoms with van der Waals surface area (Å²) in [7, 11) is 1.91. The fraction of sp³-hybridized carbons (Fsp3) is 0.158. The van der Waals surface area contributed by atoms with Crippen molar-refractivity contribution in [2.45, 2.75) is 6.92 Å². The lowest BCUT2D eigenvalue weighted by Gasteiger charge is -2.06. The van der Waals surface area contributed by atoms with Crippen molar-refractivity contribution in [3.05, 3.63) is 59.0 Å². The number of rotatable bonds is 3. The van der Waals surface area contributed by atoms with E-state index in [4.69, 9.17) is 4.42 Å². The van der Waals surface area contributed by atoms with Crippen LogP contribution >= 0.6 is 0 Å². The minimum Gasteiger partial charge on any atom is -0.422 e. The largest absolute Gasteiger partial charge is 0.422 e. The van der Waals surface area contributed by atoms with Gasteiger partial charge in [0.25, 0.3) is 0 Å². The standard InChI is InChI=1S/C19H17N3O2/c1-3-20-13-9-8-12-10-14(19(23)24-17(12)11-13)18-21-15-6-4-5-7-16(15)22(18)2/h4-11,20H,3H2,1-2H3. The van der Waals surface area contributed by atoms with Gasteiger partial charge in [0, 0.05) is 30.7 Å². The van der Waals surface area contributed by atoms with E-state index in [-0.39, 0.29) is 5.63 Å². The summed E-state index contributed by atoms with van der Waals surface area (Å²) in [6.45, 7) is 2.84. The lowest BCUT2D eigenvalue weighted by Crippen LogP contribution is -2.06. The van der Waals surface area contributed by atoms with Crippen LogP contribution in [0, 0.1) is 0 Å². The fourth-order valence-corrected chi connectivity index (χ4v) is 2.97. The maximum absolute atomic E-state index is 12.5. The van der Waals surface area contributed by atoms with Crippen molar-refractivity contribution in [2.75, 3.05) is 11.9 Å². The molecule has 0 spiro atoms. The van der Waals surface area contributed by atoms with Gasteiger partial charge >= 0.3 is 5.63 Å². The molecule has 1 N–H and O–H groups in total. The molecule has 4 rings (SSSR count). The number of para-hydroxylation sites is 2. The first-order valence-corrected chi connectivity index (χ1v) is 7.91. The van der Waals surface area contributed by atoms with E-state index < -0.39 is 0 Å². The van der Waals surface area contributed by atoms with E-state index in [1.165, 1.54) is 0 Å². The predicted octanol–water partition coefficient (Wildman–Crippen LogP) is 3.78. The number of hydrogen-bond donors (Lipinski definition) is 1. The van der Waals surface area contributed by atoms with Crippen molar-refractivity contribution < 1.29 is 4.42 Å². The third-order valence-electron chi connectivity index (χ3n) is 4.14. The molecule has 0 bridgehead atoms. The second kappa shape index (κ2) is 5.53. The number of hydrogen-bond acceptors (Lipinski definition) is 4. The van der Waals surface area contributed by atoms with Crippen LogP contribution in [0.3, 0.4) is 0 Å². The zero-order valence-electron chi connectivity index (χ0n) is 13.5. The Morgan fingerprint density at radius 2 is 2.00 bits per heavy atom. The van der Waals surface area contributed by atoms with E-state index in [9.17, 15) is 4.79 Å². The third-order valence-corrected chi connectivity index (χ3v) is 4.14. The van der Waals surface area contributed by atoms with Crippen molar-refractivity contribution >= 4 is 27.7 Å². The molecule has 0 amide bonds. The molecule has 0 atom stereocenters. The number of anilines is 1. The second-order valence-corrected chi connectivity index (χ2v) is 5.71. The van der Waals surface area contributed by atoms with E-state index in [0.717, 1.165) is 28.7 Å². The van der Waals surface area contributed by atoms with Gasteiger partial charge in [0.1, 0.15) is 17.0 Å². The van der Waals surface area contributed by atoms with Crippen LogP contribution in [-0.2, 0) is 7.05 Å². The zero-order valence-corrected chi connectivity index (χ0v) is 13.5. The molecule has 0 saturated heterocycles. The predicted molar refractivity (Wildman–Crippen MR) is 96.4 cm³/mol. The summed E-state index contributed by atoms with van der Waals surface area (Å²) < 4.78 is 7.45. The van der Waals surface area contributed by atoms with Crippen LogP contribution in [0.5, 0.6) is 0 Å². The molecule has 0 saturated carbocycles. The smallest absolute Gasteiger partial charge is 0.347 e. The van der Waals surface area contributed by atoms with Gasteiger partial charge in [-0.3, -0.25) is 0 Å². The zero-order chi connectivity index (χ0) is 16.7. The molecule has 0 fully saturated rings. The molecule has 0 radical (unpaired) electrons. The Hall–Kier alpha value is -3.08. The molecule has 120 valence electrons. The first-order valence-electron chi connectivity index (χ1n) is 7.91. The Kier molecular flexibility index (Phi) is 3.34. The van der Waals surface area contributed by atoms with Crippen LogP contribution in [0.4, 0.5) is 5.69 Å². The van der Waals surface area contributed by atoms with Gasteiger partial charge in [0.15, 0.2) is 0 Å². The van der Waals surface area contributed by atoms with Gasteiger partial charge in [-0.15, -0.1) is 0 Å². The number of nitrogens with one attached hydrogen (secondary N) is 1. The molecule has 0 aliphatic heterocycles. The van der Waals surface area contributed by atoms with Crippen LogP contribution in [0.2, 0.25) is 0 Å². The highest BCUT2D eigenvalue weighted by Gasteiger charge is 2.15. The van der Waals surface area contributed by atoms with Crippen molar-refractivity contribution in [1.29, 1.82) is 0 Å². The molecular formula is C19H17N3O2. The Balaban J connectivity index is 1.92. The molecule has 24 heavy (non-hydrogen) atoms. The monoisotopic (exact) mass is 319 g/mol.